The van der Waals surface area contributed by atoms with Crippen molar-refractivity contribution in [3.8, 4) is 5.75 Å². The first-order chi connectivity index (χ1) is 10.3. The van der Waals surface area contributed by atoms with Crippen LogP contribution in [0.1, 0.15) is 37.0 Å². The maximum absolute atomic E-state index is 5.32. The smallest absolute Gasteiger partial charge is 0.240 e. The first kappa shape index (κ1) is 14.1. The second-order valence-electron chi connectivity index (χ2n) is 5.44. The predicted octanol–water partition coefficient (Wildman–Crippen LogP) is 2.81. The summed E-state index contributed by atoms with van der Waals surface area (Å²) in [5, 5.41) is 3.97. The van der Waals surface area contributed by atoms with Gasteiger partial charge in [0.25, 0.3) is 0 Å². The van der Waals surface area contributed by atoms with Crippen LogP contribution in [0, 0.1) is 0 Å². The van der Waals surface area contributed by atoms with Gasteiger partial charge in [0.15, 0.2) is 5.82 Å². The van der Waals surface area contributed by atoms with E-state index in [1.807, 2.05) is 19.1 Å². The molecule has 0 amide bonds. The highest BCUT2D eigenvalue weighted by atomic mass is 16.5. The Labute approximate surface area is 124 Å². The standard InChI is InChI=1S/C16H21N3O2/c1-3-15-17-16(21-18-15)11-19(13-6-7-13)10-12-4-8-14(20-2)9-5-12/h4-5,8-9,13H,3,6-7,10-11H2,1-2H3. The molecule has 1 aliphatic rings. The Morgan fingerprint density at radius 2 is 2.00 bits per heavy atom. The molecule has 1 aromatic heterocycles. The van der Waals surface area contributed by atoms with E-state index in [9.17, 15) is 0 Å². The van der Waals surface area contributed by atoms with Gasteiger partial charge in [-0.15, -0.1) is 0 Å². The molecule has 1 aromatic carbocycles. The molecule has 3 rings (SSSR count). The zero-order valence-corrected chi connectivity index (χ0v) is 12.6. The van der Waals surface area contributed by atoms with E-state index in [1.165, 1.54) is 18.4 Å². The Bertz CT molecular complexity index is 575. The Kier molecular flexibility index (Phi) is 4.20. The van der Waals surface area contributed by atoms with Gasteiger partial charge >= 0.3 is 0 Å². The van der Waals surface area contributed by atoms with E-state index in [-0.39, 0.29) is 0 Å². The SMILES string of the molecule is CCc1noc(CN(Cc2ccc(OC)cc2)C2CC2)n1. The van der Waals surface area contributed by atoms with Crippen molar-refractivity contribution < 1.29 is 9.26 Å². The summed E-state index contributed by atoms with van der Waals surface area (Å²) in [5.74, 6) is 2.39. The number of nitrogens with zero attached hydrogens (tertiary/aromatic N) is 3. The number of methoxy groups -OCH3 is 1. The molecule has 5 nitrogen and oxygen atoms in total. The fourth-order valence-corrected chi connectivity index (χ4v) is 2.39. The molecule has 0 saturated heterocycles. The van der Waals surface area contributed by atoms with Crippen molar-refractivity contribution in [2.24, 2.45) is 0 Å². The van der Waals surface area contributed by atoms with Gasteiger partial charge in [-0.2, -0.15) is 4.98 Å². The van der Waals surface area contributed by atoms with Crippen LogP contribution in [0.25, 0.3) is 0 Å². The highest BCUT2D eigenvalue weighted by molar-refractivity contribution is 5.27. The second-order valence-corrected chi connectivity index (χ2v) is 5.44. The summed E-state index contributed by atoms with van der Waals surface area (Å²) in [6, 6.07) is 8.87. The molecule has 0 radical (unpaired) electrons. The monoisotopic (exact) mass is 287 g/mol. The minimum Gasteiger partial charge on any atom is -0.497 e. The molecule has 2 aromatic rings. The van der Waals surface area contributed by atoms with Crippen LogP contribution in [0.4, 0.5) is 0 Å². The van der Waals surface area contributed by atoms with Crippen molar-refractivity contribution in [2.75, 3.05) is 7.11 Å². The van der Waals surface area contributed by atoms with Gasteiger partial charge in [0.05, 0.1) is 13.7 Å². The Morgan fingerprint density at radius 3 is 2.57 bits per heavy atom. The highest BCUT2D eigenvalue weighted by Crippen LogP contribution is 2.29. The van der Waals surface area contributed by atoms with E-state index in [1.54, 1.807) is 7.11 Å². The first-order valence-electron chi connectivity index (χ1n) is 7.47. The number of hydrogen-bond donors (Lipinski definition) is 0. The van der Waals surface area contributed by atoms with Crippen LogP contribution >= 0.6 is 0 Å². The van der Waals surface area contributed by atoms with Crippen molar-refractivity contribution in [1.82, 2.24) is 15.0 Å². The summed E-state index contributed by atoms with van der Waals surface area (Å²) in [4.78, 5) is 6.82. The van der Waals surface area contributed by atoms with Crippen LogP contribution in [0.3, 0.4) is 0 Å². The van der Waals surface area contributed by atoms with Gasteiger partial charge in [-0.05, 0) is 30.5 Å². The summed E-state index contributed by atoms with van der Waals surface area (Å²) in [7, 11) is 1.69. The molecule has 0 aliphatic heterocycles. The molecule has 1 fully saturated rings. The van der Waals surface area contributed by atoms with E-state index in [4.69, 9.17) is 9.26 Å². The van der Waals surface area contributed by atoms with Crippen LogP contribution in [0.5, 0.6) is 5.75 Å². The quantitative estimate of drug-likeness (QED) is 0.783. The third kappa shape index (κ3) is 3.61. The van der Waals surface area contributed by atoms with E-state index in [2.05, 4.69) is 27.2 Å². The van der Waals surface area contributed by atoms with Gasteiger partial charge < -0.3 is 9.26 Å². The number of aryl methyl sites for hydroxylation is 1. The van der Waals surface area contributed by atoms with Gasteiger partial charge in [-0.1, -0.05) is 24.2 Å². The molecule has 1 heterocycles. The van der Waals surface area contributed by atoms with Crippen LogP contribution in [0.2, 0.25) is 0 Å². The fraction of sp³-hybridized carbons (Fsp3) is 0.500. The minimum absolute atomic E-state index is 0.643. The number of hydrogen-bond acceptors (Lipinski definition) is 5. The molecule has 1 aliphatic carbocycles. The van der Waals surface area contributed by atoms with Crippen molar-refractivity contribution in [1.29, 1.82) is 0 Å². The Morgan fingerprint density at radius 1 is 1.24 bits per heavy atom. The normalized spacial score (nSPS) is 14.6. The van der Waals surface area contributed by atoms with E-state index in [0.29, 0.717) is 11.9 Å². The summed E-state index contributed by atoms with van der Waals surface area (Å²) < 4.78 is 10.5. The minimum atomic E-state index is 0.643. The van der Waals surface area contributed by atoms with E-state index >= 15 is 0 Å². The largest absolute Gasteiger partial charge is 0.497 e. The van der Waals surface area contributed by atoms with Crippen LogP contribution < -0.4 is 4.74 Å². The zero-order valence-electron chi connectivity index (χ0n) is 12.6. The molecule has 112 valence electrons. The summed E-state index contributed by atoms with van der Waals surface area (Å²) >= 11 is 0. The number of benzene rings is 1. The summed E-state index contributed by atoms with van der Waals surface area (Å²) in [6.07, 6.45) is 3.32. The summed E-state index contributed by atoms with van der Waals surface area (Å²) in [6.45, 7) is 3.66. The lowest BCUT2D eigenvalue weighted by Gasteiger charge is -2.20. The van der Waals surface area contributed by atoms with Gasteiger partial charge in [0.1, 0.15) is 5.75 Å². The summed E-state index contributed by atoms with van der Waals surface area (Å²) in [5.41, 5.74) is 1.28. The number of rotatable bonds is 7. The van der Waals surface area contributed by atoms with Crippen molar-refractivity contribution in [2.45, 2.75) is 45.3 Å². The Hall–Kier alpha value is -1.88. The maximum Gasteiger partial charge on any atom is 0.240 e. The van der Waals surface area contributed by atoms with Gasteiger partial charge in [-0.3, -0.25) is 4.90 Å². The third-order valence-electron chi connectivity index (χ3n) is 3.77. The third-order valence-corrected chi connectivity index (χ3v) is 3.77. The van der Waals surface area contributed by atoms with Gasteiger partial charge in [-0.25, -0.2) is 0 Å². The molecule has 1 saturated carbocycles. The highest BCUT2D eigenvalue weighted by Gasteiger charge is 2.30. The van der Waals surface area contributed by atoms with Crippen molar-refractivity contribution in [3.05, 3.63) is 41.5 Å². The first-order valence-corrected chi connectivity index (χ1v) is 7.47. The predicted molar refractivity (Wildman–Crippen MR) is 78.9 cm³/mol. The van der Waals surface area contributed by atoms with Gasteiger partial charge in [0.2, 0.25) is 5.89 Å². The zero-order chi connectivity index (χ0) is 14.7. The fourth-order valence-electron chi connectivity index (χ4n) is 2.39. The molecular formula is C16H21N3O2. The lowest BCUT2D eigenvalue weighted by molar-refractivity contribution is 0.209. The molecule has 0 N–H and O–H groups in total. The number of ether oxygens (including phenoxy) is 1. The second kappa shape index (κ2) is 6.26. The van der Waals surface area contributed by atoms with E-state index < -0.39 is 0 Å². The molecule has 0 unspecified atom stereocenters. The molecule has 0 spiro atoms. The molecule has 0 atom stereocenters. The number of aromatic nitrogens is 2. The molecule has 0 bridgehead atoms. The Balaban J connectivity index is 1.66. The van der Waals surface area contributed by atoms with Crippen molar-refractivity contribution >= 4 is 0 Å². The van der Waals surface area contributed by atoms with Crippen molar-refractivity contribution in [3.63, 3.8) is 0 Å². The molecule has 21 heavy (non-hydrogen) atoms. The maximum atomic E-state index is 5.32. The average molecular weight is 287 g/mol. The average Bonchev–Trinajstić information content (AvgIpc) is 3.27. The lowest BCUT2D eigenvalue weighted by atomic mass is 10.2. The van der Waals surface area contributed by atoms with Crippen LogP contribution in [0.15, 0.2) is 28.8 Å². The topological polar surface area (TPSA) is 51.4 Å². The van der Waals surface area contributed by atoms with E-state index in [0.717, 1.165) is 31.1 Å². The lowest BCUT2D eigenvalue weighted by Crippen LogP contribution is -2.25. The molecular weight excluding hydrogens is 266 g/mol. The molecule has 5 heteroatoms. The van der Waals surface area contributed by atoms with Crippen LogP contribution in [-0.2, 0) is 19.5 Å². The van der Waals surface area contributed by atoms with Gasteiger partial charge in [0, 0.05) is 19.0 Å². The van der Waals surface area contributed by atoms with Crippen LogP contribution in [-0.4, -0.2) is 28.2 Å².